The number of ether oxygens (including phenoxy) is 2. The molecule has 1 aromatic heterocycles. The topological polar surface area (TPSA) is 50.8 Å². The molecule has 140 valence electrons. The fourth-order valence-electron chi connectivity index (χ4n) is 3.37. The summed E-state index contributed by atoms with van der Waals surface area (Å²) < 4.78 is 10.7. The SMILES string of the molecule is COc1ccc(CC(=O)N[C@H](C)[C@@H](c2cccs2)N2CCOCC2)cc1. The number of hydrogen-bond donors (Lipinski definition) is 1. The largest absolute Gasteiger partial charge is 0.497 e. The molecule has 0 bridgehead atoms. The fraction of sp³-hybridized carbons (Fsp3) is 0.450. The number of methoxy groups -OCH3 is 1. The number of rotatable bonds is 7. The Hall–Kier alpha value is -1.89. The first-order valence-electron chi connectivity index (χ1n) is 8.95. The summed E-state index contributed by atoms with van der Waals surface area (Å²) in [5.74, 6) is 0.838. The van der Waals surface area contributed by atoms with Crippen LogP contribution in [0.1, 0.15) is 23.4 Å². The molecule has 5 nitrogen and oxygen atoms in total. The van der Waals surface area contributed by atoms with Gasteiger partial charge in [-0.05, 0) is 36.1 Å². The maximum absolute atomic E-state index is 12.6. The molecule has 1 fully saturated rings. The second-order valence-electron chi connectivity index (χ2n) is 6.49. The highest BCUT2D eigenvalue weighted by Gasteiger charge is 2.29. The van der Waals surface area contributed by atoms with Crippen LogP contribution in [0.4, 0.5) is 0 Å². The van der Waals surface area contributed by atoms with E-state index in [1.165, 1.54) is 4.88 Å². The normalized spacial score (nSPS) is 17.5. The Morgan fingerprint density at radius 3 is 2.62 bits per heavy atom. The third-order valence-corrected chi connectivity index (χ3v) is 5.60. The summed E-state index contributed by atoms with van der Waals surface area (Å²) in [6.07, 6.45) is 0.370. The van der Waals surface area contributed by atoms with Crippen LogP contribution in [0.25, 0.3) is 0 Å². The third kappa shape index (κ3) is 4.84. The molecule has 0 spiro atoms. The van der Waals surface area contributed by atoms with Gasteiger partial charge in [0.25, 0.3) is 0 Å². The average Bonchev–Trinajstić information content (AvgIpc) is 3.17. The average molecular weight is 375 g/mol. The van der Waals surface area contributed by atoms with Crippen molar-refractivity contribution in [1.29, 1.82) is 0 Å². The van der Waals surface area contributed by atoms with Crippen LogP contribution in [0.3, 0.4) is 0 Å². The van der Waals surface area contributed by atoms with Crippen LogP contribution in [-0.2, 0) is 16.0 Å². The first-order chi connectivity index (χ1) is 12.7. The fourth-order valence-corrected chi connectivity index (χ4v) is 4.33. The highest BCUT2D eigenvalue weighted by molar-refractivity contribution is 7.10. The molecule has 0 aliphatic carbocycles. The maximum atomic E-state index is 12.6. The second-order valence-corrected chi connectivity index (χ2v) is 7.47. The van der Waals surface area contributed by atoms with Gasteiger partial charge in [-0.1, -0.05) is 18.2 Å². The number of nitrogens with one attached hydrogen (secondary N) is 1. The van der Waals surface area contributed by atoms with E-state index < -0.39 is 0 Å². The molecule has 2 heterocycles. The van der Waals surface area contributed by atoms with Crippen LogP contribution in [0.2, 0.25) is 0 Å². The highest BCUT2D eigenvalue weighted by atomic mass is 32.1. The number of amides is 1. The van der Waals surface area contributed by atoms with Gasteiger partial charge in [-0.25, -0.2) is 0 Å². The van der Waals surface area contributed by atoms with E-state index in [0.717, 1.165) is 37.6 Å². The highest BCUT2D eigenvalue weighted by Crippen LogP contribution is 2.29. The third-order valence-electron chi connectivity index (χ3n) is 4.66. The summed E-state index contributed by atoms with van der Waals surface area (Å²) in [6, 6.07) is 12.1. The lowest BCUT2D eigenvalue weighted by Gasteiger charge is -2.37. The molecular weight excluding hydrogens is 348 g/mol. The van der Waals surface area contributed by atoms with Gasteiger partial charge < -0.3 is 14.8 Å². The first-order valence-corrected chi connectivity index (χ1v) is 9.83. The van der Waals surface area contributed by atoms with Crippen molar-refractivity contribution < 1.29 is 14.3 Å². The van der Waals surface area contributed by atoms with Gasteiger partial charge in [0, 0.05) is 24.0 Å². The summed E-state index contributed by atoms with van der Waals surface area (Å²) in [6.45, 7) is 5.36. The van der Waals surface area contributed by atoms with Crippen LogP contribution in [0.15, 0.2) is 41.8 Å². The van der Waals surface area contributed by atoms with Gasteiger partial charge in [0.2, 0.25) is 5.91 Å². The molecule has 0 radical (unpaired) electrons. The molecule has 2 aromatic rings. The smallest absolute Gasteiger partial charge is 0.224 e. The van der Waals surface area contributed by atoms with Crippen LogP contribution in [-0.4, -0.2) is 50.3 Å². The van der Waals surface area contributed by atoms with Crippen LogP contribution < -0.4 is 10.1 Å². The first kappa shape index (κ1) is 18.9. The number of morpholine rings is 1. The molecule has 0 saturated carbocycles. The quantitative estimate of drug-likeness (QED) is 0.810. The lowest BCUT2D eigenvalue weighted by atomic mass is 10.0. The monoisotopic (exact) mass is 374 g/mol. The van der Waals surface area contributed by atoms with Gasteiger partial charge in [-0.2, -0.15) is 0 Å². The van der Waals surface area contributed by atoms with Gasteiger partial charge in [0.05, 0.1) is 32.8 Å². The van der Waals surface area contributed by atoms with Gasteiger partial charge in [0.1, 0.15) is 5.75 Å². The molecule has 1 amide bonds. The molecule has 1 saturated heterocycles. The molecule has 6 heteroatoms. The van der Waals surface area contributed by atoms with Crippen molar-refractivity contribution in [1.82, 2.24) is 10.2 Å². The van der Waals surface area contributed by atoms with E-state index in [2.05, 4.69) is 34.7 Å². The van der Waals surface area contributed by atoms with Gasteiger partial charge in [0.15, 0.2) is 0 Å². The molecule has 0 unspecified atom stereocenters. The van der Waals surface area contributed by atoms with E-state index in [1.807, 2.05) is 24.3 Å². The molecule has 3 rings (SSSR count). The van der Waals surface area contributed by atoms with Gasteiger partial charge >= 0.3 is 0 Å². The predicted octanol–water partition coefficient (Wildman–Crippen LogP) is 2.88. The van der Waals surface area contributed by atoms with Crippen molar-refractivity contribution in [2.45, 2.75) is 25.4 Å². The van der Waals surface area contributed by atoms with Crippen molar-refractivity contribution in [3.8, 4) is 5.75 Å². The van der Waals surface area contributed by atoms with Crippen molar-refractivity contribution in [2.24, 2.45) is 0 Å². The van der Waals surface area contributed by atoms with E-state index in [0.29, 0.717) is 6.42 Å². The number of nitrogens with zero attached hydrogens (tertiary/aromatic N) is 1. The Balaban J connectivity index is 1.64. The van der Waals surface area contributed by atoms with E-state index in [-0.39, 0.29) is 18.0 Å². The minimum atomic E-state index is 0.0255. The van der Waals surface area contributed by atoms with Crippen molar-refractivity contribution in [2.75, 3.05) is 33.4 Å². The minimum absolute atomic E-state index is 0.0255. The van der Waals surface area contributed by atoms with Gasteiger partial charge in [-0.15, -0.1) is 11.3 Å². The zero-order valence-electron chi connectivity index (χ0n) is 15.3. The minimum Gasteiger partial charge on any atom is -0.497 e. The van der Waals surface area contributed by atoms with Crippen LogP contribution in [0, 0.1) is 0 Å². The summed E-state index contributed by atoms with van der Waals surface area (Å²) in [5, 5.41) is 5.29. The Morgan fingerprint density at radius 2 is 2.00 bits per heavy atom. The van der Waals surface area contributed by atoms with E-state index >= 15 is 0 Å². The molecule has 1 N–H and O–H groups in total. The van der Waals surface area contributed by atoms with Crippen molar-refractivity contribution in [3.05, 3.63) is 52.2 Å². The number of carbonyl (C=O) groups excluding carboxylic acids is 1. The van der Waals surface area contributed by atoms with Crippen molar-refractivity contribution in [3.63, 3.8) is 0 Å². The summed E-state index contributed by atoms with van der Waals surface area (Å²) in [4.78, 5) is 16.2. The summed E-state index contributed by atoms with van der Waals surface area (Å²) in [7, 11) is 1.64. The van der Waals surface area contributed by atoms with Crippen LogP contribution in [0.5, 0.6) is 5.75 Å². The lowest BCUT2D eigenvalue weighted by Crippen LogP contribution is -2.48. The summed E-state index contributed by atoms with van der Waals surface area (Å²) in [5.41, 5.74) is 0.981. The number of carbonyl (C=O) groups is 1. The second kappa shape index (κ2) is 9.16. The van der Waals surface area contributed by atoms with E-state index in [9.17, 15) is 4.79 Å². The molecule has 26 heavy (non-hydrogen) atoms. The Bertz CT molecular complexity index is 682. The van der Waals surface area contributed by atoms with Crippen LogP contribution >= 0.6 is 11.3 Å². The zero-order chi connectivity index (χ0) is 18.4. The lowest BCUT2D eigenvalue weighted by molar-refractivity contribution is -0.121. The summed E-state index contributed by atoms with van der Waals surface area (Å²) >= 11 is 1.74. The van der Waals surface area contributed by atoms with Gasteiger partial charge in [-0.3, -0.25) is 9.69 Å². The van der Waals surface area contributed by atoms with Crippen molar-refractivity contribution >= 4 is 17.2 Å². The molecule has 1 aromatic carbocycles. The molecule has 1 aliphatic rings. The Kier molecular flexibility index (Phi) is 6.66. The maximum Gasteiger partial charge on any atom is 0.224 e. The zero-order valence-corrected chi connectivity index (χ0v) is 16.1. The van der Waals surface area contributed by atoms with E-state index in [4.69, 9.17) is 9.47 Å². The number of thiophene rings is 1. The standard InChI is InChI=1S/C20H26N2O3S/c1-15(21-19(23)14-16-5-7-17(24-2)8-6-16)20(18-4-3-13-26-18)22-9-11-25-12-10-22/h3-8,13,15,20H,9-12,14H2,1-2H3,(H,21,23)/t15-,20+/m1/s1. The Labute approximate surface area is 158 Å². The predicted molar refractivity (Wildman–Crippen MR) is 104 cm³/mol. The Morgan fingerprint density at radius 1 is 1.27 bits per heavy atom. The molecular formula is C20H26N2O3S. The molecule has 1 aliphatic heterocycles. The molecule has 2 atom stereocenters. The number of benzene rings is 1. The van der Waals surface area contributed by atoms with E-state index in [1.54, 1.807) is 18.4 Å². The number of hydrogen-bond acceptors (Lipinski definition) is 5.